The first kappa shape index (κ1) is 13.8. The van der Waals surface area contributed by atoms with Crippen LogP contribution in [0.2, 0.25) is 0 Å². The van der Waals surface area contributed by atoms with E-state index in [0.717, 1.165) is 6.54 Å². The van der Waals surface area contributed by atoms with Crippen LogP contribution in [0, 0.1) is 0 Å². The Bertz CT molecular complexity index is 149. The van der Waals surface area contributed by atoms with Gasteiger partial charge in [-0.2, -0.15) is 0 Å². The number of hydrogen-bond donors (Lipinski definition) is 2. The molecule has 0 amide bonds. The number of methoxy groups -OCH3 is 1. The Labute approximate surface area is 87.2 Å². The molecule has 0 bridgehead atoms. The maximum atomic E-state index is 9.54. The van der Waals surface area contributed by atoms with Crippen molar-refractivity contribution in [3.8, 4) is 0 Å². The summed E-state index contributed by atoms with van der Waals surface area (Å²) in [5.41, 5.74) is -0.169. The average Bonchev–Trinajstić information content (AvgIpc) is 2.02. The van der Waals surface area contributed by atoms with Crippen LogP contribution in [0.25, 0.3) is 0 Å². The summed E-state index contributed by atoms with van der Waals surface area (Å²) in [5.74, 6) is 0. The van der Waals surface area contributed by atoms with Crippen molar-refractivity contribution in [2.24, 2.45) is 0 Å². The third-order valence-electron chi connectivity index (χ3n) is 2.06. The molecule has 4 heteroatoms. The quantitative estimate of drug-likeness (QED) is 0.609. The lowest BCUT2D eigenvalue weighted by molar-refractivity contribution is 0.0201. The van der Waals surface area contributed by atoms with Gasteiger partial charge in [-0.3, -0.25) is 0 Å². The van der Waals surface area contributed by atoms with Gasteiger partial charge in [0.25, 0.3) is 0 Å². The van der Waals surface area contributed by atoms with Crippen molar-refractivity contribution in [1.29, 1.82) is 0 Å². The monoisotopic (exact) mass is 204 g/mol. The van der Waals surface area contributed by atoms with Gasteiger partial charge >= 0.3 is 0 Å². The highest BCUT2D eigenvalue weighted by atomic mass is 16.5. The fourth-order valence-electron chi connectivity index (χ4n) is 1.10. The molecule has 0 aromatic carbocycles. The van der Waals surface area contributed by atoms with E-state index in [1.807, 2.05) is 32.8 Å². The maximum absolute atomic E-state index is 9.54. The standard InChI is InChI=1S/C10H24N2O2/c1-10(2,14-5)8-11-6-9(13)7-12(3)4/h9,11,13H,6-8H2,1-5H3. The zero-order chi connectivity index (χ0) is 11.2. The van der Waals surface area contributed by atoms with E-state index in [1.165, 1.54) is 0 Å². The molecule has 0 rings (SSSR count). The fourth-order valence-corrected chi connectivity index (χ4v) is 1.10. The van der Waals surface area contributed by atoms with Gasteiger partial charge < -0.3 is 20.1 Å². The lowest BCUT2D eigenvalue weighted by Crippen LogP contribution is -2.42. The highest BCUT2D eigenvalue weighted by Crippen LogP contribution is 2.04. The van der Waals surface area contributed by atoms with Gasteiger partial charge in [-0.05, 0) is 27.9 Å². The van der Waals surface area contributed by atoms with Gasteiger partial charge in [-0.15, -0.1) is 0 Å². The second-order valence-corrected chi connectivity index (χ2v) is 4.51. The predicted molar refractivity (Wildman–Crippen MR) is 58.5 cm³/mol. The van der Waals surface area contributed by atoms with E-state index in [0.29, 0.717) is 13.1 Å². The van der Waals surface area contributed by atoms with Crippen molar-refractivity contribution < 1.29 is 9.84 Å². The first-order valence-electron chi connectivity index (χ1n) is 4.96. The summed E-state index contributed by atoms with van der Waals surface area (Å²) in [6.07, 6.45) is -0.322. The number of ether oxygens (including phenoxy) is 1. The molecule has 0 saturated heterocycles. The first-order valence-corrected chi connectivity index (χ1v) is 4.96. The van der Waals surface area contributed by atoms with Gasteiger partial charge in [0, 0.05) is 26.7 Å². The van der Waals surface area contributed by atoms with E-state index in [9.17, 15) is 5.11 Å². The van der Waals surface area contributed by atoms with Gasteiger partial charge in [0.15, 0.2) is 0 Å². The van der Waals surface area contributed by atoms with E-state index in [1.54, 1.807) is 7.11 Å². The van der Waals surface area contributed by atoms with Crippen molar-refractivity contribution in [1.82, 2.24) is 10.2 Å². The molecule has 0 aliphatic carbocycles. The van der Waals surface area contributed by atoms with Gasteiger partial charge in [0.05, 0.1) is 11.7 Å². The second-order valence-electron chi connectivity index (χ2n) is 4.51. The molecule has 4 nitrogen and oxygen atoms in total. The van der Waals surface area contributed by atoms with E-state index in [4.69, 9.17) is 4.74 Å². The van der Waals surface area contributed by atoms with Gasteiger partial charge in [-0.1, -0.05) is 0 Å². The average molecular weight is 204 g/mol. The Morgan fingerprint density at radius 2 is 2.00 bits per heavy atom. The summed E-state index contributed by atoms with van der Waals surface area (Å²) in [4.78, 5) is 1.97. The molecular weight excluding hydrogens is 180 g/mol. The molecule has 1 unspecified atom stereocenters. The van der Waals surface area contributed by atoms with Crippen LogP contribution in [0.4, 0.5) is 0 Å². The van der Waals surface area contributed by atoms with Crippen LogP contribution in [0.3, 0.4) is 0 Å². The highest BCUT2D eigenvalue weighted by molar-refractivity contribution is 4.72. The topological polar surface area (TPSA) is 44.7 Å². The minimum Gasteiger partial charge on any atom is -0.390 e. The molecule has 0 saturated carbocycles. The van der Waals surface area contributed by atoms with E-state index < -0.39 is 0 Å². The van der Waals surface area contributed by atoms with Crippen LogP contribution in [-0.2, 0) is 4.74 Å². The minimum atomic E-state index is -0.322. The Kier molecular flexibility index (Phi) is 6.27. The van der Waals surface area contributed by atoms with Crippen molar-refractivity contribution in [2.75, 3.05) is 40.8 Å². The lowest BCUT2D eigenvalue weighted by Gasteiger charge is -2.24. The zero-order valence-electron chi connectivity index (χ0n) is 10.0. The van der Waals surface area contributed by atoms with Crippen LogP contribution in [-0.4, -0.2) is 62.6 Å². The molecule has 0 radical (unpaired) electrons. The molecule has 2 N–H and O–H groups in total. The molecule has 14 heavy (non-hydrogen) atoms. The van der Waals surface area contributed by atoms with Gasteiger partial charge in [0.1, 0.15) is 0 Å². The Morgan fingerprint density at radius 1 is 1.43 bits per heavy atom. The van der Waals surface area contributed by atoms with Crippen LogP contribution >= 0.6 is 0 Å². The lowest BCUT2D eigenvalue weighted by atomic mass is 10.1. The maximum Gasteiger partial charge on any atom is 0.0791 e. The summed E-state index contributed by atoms with van der Waals surface area (Å²) in [7, 11) is 5.59. The normalized spacial score (nSPS) is 14.8. The molecule has 0 spiro atoms. The Morgan fingerprint density at radius 3 is 2.43 bits per heavy atom. The van der Waals surface area contributed by atoms with E-state index in [-0.39, 0.29) is 11.7 Å². The molecule has 0 aliphatic heterocycles. The number of likely N-dealkylation sites (N-methyl/N-ethyl adjacent to an activating group) is 1. The Hall–Kier alpha value is -0.160. The van der Waals surface area contributed by atoms with Crippen LogP contribution in [0.1, 0.15) is 13.8 Å². The van der Waals surface area contributed by atoms with Crippen molar-refractivity contribution in [3.63, 3.8) is 0 Å². The molecular formula is C10H24N2O2. The zero-order valence-corrected chi connectivity index (χ0v) is 10.0. The van der Waals surface area contributed by atoms with Crippen LogP contribution in [0.15, 0.2) is 0 Å². The highest BCUT2D eigenvalue weighted by Gasteiger charge is 2.16. The molecule has 0 fully saturated rings. The number of hydrogen-bond acceptors (Lipinski definition) is 4. The summed E-state index contributed by atoms with van der Waals surface area (Å²) >= 11 is 0. The smallest absolute Gasteiger partial charge is 0.0791 e. The number of nitrogens with zero attached hydrogens (tertiary/aromatic N) is 1. The largest absolute Gasteiger partial charge is 0.390 e. The Balaban J connectivity index is 3.53. The predicted octanol–water partition coefficient (Wildman–Crippen LogP) is -0.0765. The second kappa shape index (κ2) is 6.35. The molecule has 1 atom stereocenters. The van der Waals surface area contributed by atoms with Crippen LogP contribution < -0.4 is 5.32 Å². The van der Waals surface area contributed by atoms with Crippen molar-refractivity contribution >= 4 is 0 Å². The van der Waals surface area contributed by atoms with Crippen LogP contribution in [0.5, 0.6) is 0 Å². The number of rotatable bonds is 7. The summed E-state index contributed by atoms with van der Waals surface area (Å²) in [6.45, 7) is 6.05. The van der Waals surface area contributed by atoms with Gasteiger partial charge in [0.2, 0.25) is 0 Å². The summed E-state index contributed by atoms with van der Waals surface area (Å²) < 4.78 is 5.25. The molecule has 0 heterocycles. The van der Waals surface area contributed by atoms with Crippen molar-refractivity contribution in [2.45, 2.75) is 25.6 Å². The number of aliphatic hydroxyl groups is 1. The third kappa shape index (κ3) is 7.26. The van der Waals surface area contributed by atoms with Crippen molar-refractivity contribution in [3.05, 3.63) is 0 Å². The van der Waals surface area contributed by atoms with Gasteiger partial charge in [-0.25, -0.2) is 0 Å². The number of nitrogens with one attached hydrogen (secondary N) is 1. The molecule has 0 aromatic heterocycles. The minimum absolute atomic E-state index is 0.169. The summed E-state index contributed by atoms with van der Waals surface area (Å²) in [5, 5.41) is 12.7. The molecule has 0 aliphatic rings. The van der Waals surface area contributed by atoms with E-state index in [2.05, 4.69) is 5.32 Å². The molecule has 0 aromatic rings. The van der Waals surface area contributed by atoms with E-state index >= 15 is 0 Å². The number of aliphatic hydroxyl groups excluding tert-OH is 1. The summed E-state index contributed by atoms with van der Waals surface area (Å²) in [6, 6.07) is 0. The fraction of sp³-hybridized carbons (Fsp3) is 1.00. The third-order valence-corrected chi connectivity index (χ3v) is 2.06. The SMILES string of the molecule is COC(C)(C)CNCC(O)CN(C)C. The molecule has 86 valence electrons. The first-order chi connectivity index (χ1) is 6.37.